The highest BCUT2D eigenvalue weighted by molar-refractivity contribution is 7.92. The van der Waals surface area contributed by atoms with Crippen molar-refractivity contribution in [2.24, 2.45) is 0 Å². The van der Waals surface area contributed by atoms with Crippen molar-refractivity contribution in [1.29, 1.82) is 5.26 Å². The second-order valence-electron chi connectivity index (χ2n) is 7.10. The zero-order valence-electron chi connectivity index (χ0n) is 15.9. The number of aromatic nitrogens is 2. The van der Waals surface area contributed by atoms with E-state index in [2.05, 4.69) is 4.98 Å². The van der Waals surface area contributed by atoms with Crippen LogP contribution in [0.1, 0.15) is 30.2 Å². The molecule has 4 rings (SSSR count). The van der Waals surface area contributed by atoms with Crippen LogP contribution in [0.25, 0.3) is 11.0 Å². The number of para-hydroxylation sites is 2. The highest BCUT2D eigenvalue weighted by atomic mass is 35.5. The molecule has 1 saturated heterocycles. The van der Waals surface area contributed by atoms with Crippen molar-refractivity contribution in [3.8, 4) is 6.07 Å². The summed E-state index contributed by atoms with van der Waals surface area (Å²) in [4.78, 5) is 11.1. The fraction of sp³-hybridized carbons (Fsp3) is 0.286. The van der Waals surface area contributed by atoms with Gasteiger partial charge >= 0.3 is 0 Å². The molecule has 1 aliphatic rings. The number of hydrogen-bond acceptors (Lipinski definition) is 6. The third kappa shape index (κ3) is 3.83. The predicted molar refractivity (Wildman–Crippen MR) is 118 cm³/mol. The minimum atomic E-state index is -4.19. The molecule has 0 spiro atoms. The van der Waals surface area contributed by atoms with E-state index in [1.54, 1.807) is 12.1 Å². The summed E-state index contributed by atoms with van der Waals surface area (Å²) >= 11 is 12.2. The molecule has 154 valence electrons. The monoisotopic (exact) mass is 460 g/mol. The summed E-state index contributed by atoms with van der Waals surface area (Å²) in [7, 11) is -4.19. The van der Waals surface area contributed by atoms with E-state index in [4.69, 9.17) is 28.2 Å². The predicted octanol–water partition coefficient (Wildman–Crippen LogP) is 4.97. The summed E-state index contributed by atoms with van der Waals surface area (Å²) in [5.41, 5.74) is 1.30. The van der Waals surface area contributed by atoms with Crippen LogP contribution < -0.4 is 4.90 Å². The maximum atomic E-state index is 13.5. The van der Waals surface area contributed by atoms with Crippen molar-refractivity contribution in [3.63, 3.8) is 0 Å². The molecule has 0 saturated carbocycles. The summed E-state index contributed by atoms with van der Waals surface area (Å²) in [6, 6.07) is 13.3. The Hall–Kier alpha value is -2.40. The molecule has 0 amide bonds. The first-order valence-corrected chi connectivity index (χ1v) is 11.8. The SMILES string of the molecule is N#C[C@@H](c1nc2ccccc2nc1N1CCCCC1)S(=O)(=O)c1cc(Cl)ccc1Cl. The van der Waals surface area contributed by atoms with Crippen LogP contribution in [-0.2, 0) is 9.84 Å². The van der Waals surface area contributed by atoms with E-state index >= 15 is 0 Å². The van der Waals surface area contributed by atoms with E-state index in [0.29, 0.717) is 16.9 Å². The van der Waals surface area contributed by atoms with Gasteiger partial charge in [0.05, 0.1) is 27.0 Å². The number of piperidine rings is 1. The van der Waals surface area contributed by atoms with E-state index in [-0.39, 0.29) is 20.6 Å². The molecule has 1 atom stereocenters. The third-order valence-electron chi connectivity index (χ3n) is 5.11. The zero-order valence-corrected chi connectivity index (χ0v) is 18.3. The quantitative estimate of drug-likeness (QED) is 0.546. The topological polar surface area (TPSA) is 86.9 Å². The summed E-state index contributed by atoms with van der Waals surface area (Å²) in [5.74, 6) is 0.432. The Morgan fingerprint density at radius 1 is 1.00 bits per heavy atom. The minimum Gasteiger partial charge on any atom is -0.355 e. The summed E-state index contributed by atoms with van der Waals surface area (Å²) in [5, 5.41) is 8.60. The molecule has 2 aromatic carbocycles. The van der Waals surface area contributed by atoms with Gasteiger partial charge in [0.1, 0.15) is 5.69 Å². The number of rotatable bonds is 4. The number of sulfone groups is 1. The van der Waals surface area contributed by atoms with E-state index in [9.17, 15) is 13.7 Å². The Labute approximate surface area is 185 Å². The fourth-order valence-electron chi connectivity index (χ4n) is 3.62. The molecule has 0 aliphatic carbocycles. The van der Waals surface area contributed by atoms with Crippen LogP contribution in [-0.4, -0.2) is 31.5 Å². The second kappa shape index (κ2) is 8.38. The number of fused-ring (bicyclic) bond motifs is 1. The molecular formula is C21H18Cl2N4O2S. The Bertz CT molecular complexity index is 1250. The molecule has 0 N–H and O–H groups in total. The highest BCUT2D eigenvalue weighted by Crippen LogP contribution is 2.37. The Morgan fingerprint density at radius 2 is 1.67 bits per heavy atom. The van der Waals surface area contributed by atoms with Gasteiger partial charge in [0, 0.05) is 18.1 Å². The van der Waals surface area contributed by atoms with Crippen LogP contribution in [0.3, 0.4) is 0 Å². The second-order valence-corrected chi connectivity index (χ2v) is 9.94. The van der Waals surface area contributed by atoms with Crippen molar-refractivity contribution in [2.75, 3.05) is 18.0 Å². The average molecular weight is 461 g/mol. The molecule has 2 heterocycles. The lowest BCUT2D eigenvalue weighted by Crippen LogP contribution is -2.32. The van der Waals surface area contributed by atoms with Gasteiger partial charge in [0.2, 0.25) is 9.84 Å². The van der Waals surface area contributed by atoms with E-state index in [1.807, 2.05) is 23.1 Å². The van der Waals surface area contributed by atoms with Gasteiger partial charge in [-0.05, 0) is 49.6 Å². The van der Waals surface area contributed by atoms with Crippen LogP contribution in [0.15, 0.2) is 47.4 Å². The lowest BCUT2D eigenvalue weighted by atomic mass is 10.1. The van der Waals surface area contributed by atoms with Gasteiger partial charge in [0.15, 0.2) is 11.1 Å². The minimum absolute atomic E-state index is 0.00733. The van der Waals surface area contributed by atoms with Gasteiger partial charge < -0.3 is 4.90 Å². The average Bonchev–Trinajstić information content (AvgIpc) is 2.76. The van der Waals surface area contributed by atoms with Gasteiger partial charge in [-0.15, -0.1) is 0 Å². The van der Waals surface area contributed by atoms with Crippen molar-refractivity contribution in [2.45, 2.75) is 29.4 Å². The van der Waals surface area contributed by atoms with Gasteiger partial charge in [0.25, 0.3) is 0 Å². The fourth-order valence-corrected chi connectivity index (χ4v) is 5.77. The Kier molecular flexibility index (Phi) is 5.83. The van der Waals surface area contributed by atoms with Crippen LogP contribution in [0.5, 0.6) is 0 Å². The first-order chi connectivity index (χ1) is 14.4. The number of nitriles is 1. The molecular weight excluding hydrogens is 443 g/mol. The van der Waals surface area contributed by atoms with Crippen LogP contribution in [0, 0.1) is 11.3 Å². The summed E-state index contributed by atoms with van der Waals surface area (Å²) < 4.78 is 26.9. The zero-order chi connectivity index (χ0) is 21.3. The van der Waals surface area contributed by atoms with Crippen molar-refractivity contribution in [3.05, 3.63) is 58.2 Å². The maximum Gasteiger partial charge on any atom is 0.202 e. The summed E-state index contributed by atoms with van der Waals surface area (Å²) in [6.07, 6.45) is 3.04. The molecule has 3 aromatic rings. The smallest absolute Gasteiger partial charge is 0.202 e. The number of hydrogen-bond donors (Lipinski definition) is 0. The lowest BCUT2D eigenvalue weighted by Gasteiger charge is -2.30. The molecule has 6 nitrogen and oxygen atoms in total. The normalized spacial score (nSPS) is 15.7. The standard InChI is InChI=1S/C21H18Cl2N4O2S/c22-14-8-9-15(23)18(12-14)30(28,29)19(13-24)20-21(27-10-4-1-5-11-27)26-17-7-3-2-6-16(17)25-20/h2-3,6-9,12,19H,1,4-5,10-11H2/t19-/m0/s1. The van der Waals surface area contributed by atoms with E-state index < -0.39 is 15.1 Å². The summed E-state index contributed by atoms with van der Waals surface area (Å²) in [6.45, 7) is 1.46. The Balaban J connectivity index is 1.93. The van der Waals surface area contributed by atoms with Crippen molar-refractivity contribution in [1.82, 2.24) is 9.97 Å². The number of benzene rings is 2. The third-order valence-corrected chi connectivity index (χ3v) is 7.69. The highest BCUT2D eigenvalue weighted by Gasteiger charge is 2.36. The van der Waals surface area contributed by atoms with Crippen molar-refractivity contribution < 1.29 is 8.42 Å². The molecule has 1 aromatic heterocycles. The largest absolute Gasteiger partial charge is 0.355 e. The van der Waals surface area contributed by atoms with Gasteiger partial charge in [-0.25, -0.2) is 18.4 Å². The molecule has 0 unspecified atom stereocenters. The lowest BCUT2D eigenvalue weighted by molar-refractivity contribution is 0.569. The van der Waals surface area contributed by atoms with Gasteiger partial charge in [-0.2, -0.15) is 5.26 Å². The van der Waals surface area contributed by atoms with Crippen LogP contribution >= 0.6 is 23.2 Å². The Morgan fingerprint density at radius 3 is 2.33 bits per heavy atom. The molecule has 0 bridgehead atoms. The maximum absolute atomic E-state index is 13.5. The molecule has 9 heteroatoms. The number of halogens is 2. The molecule has 1 fully saturated rings. The molecule has 30 heavy (non-hydrogen) atoms. The number of nitrogens with zero attached hydrogens (tertiary/aromatic N) is 4. The molecule has 1 aliphatic heterocycles. The van der Waals surface area contributed by atoms with E-state index in [0.717, 1.165) is 32.4 Å². The van der Waals surface area contributed by atoms with Gasteiger partial charge in [-0.3, -0.25) is 0 Å². The van der Waals surface area contributed by atoms with Crippen LogP contribution in [0.4, 0.5) is 5.82 Å². The first kappa shape index (κ1) is 20.9. The molecule has 0 radical (unpaired) electrons. The van der Waals surface area contributed by atoms with Crippen molar-refractivity contribution >= 4 is 49.9 Å². The van der Waals surface area contributed by atoms with Crippen LogP contribution in [0.2, 0.25) is 10.0 Å². The number of anilines is 1. The van der Waals surface area contributed by atoms with Gasteiger partial charge in [-0.1, -0.05) is 35.3 Å². The van der Waals surface area contributed by atoms with E-state index in [1.165, 1.54) is 18.2 Å². The first-order valence-electron chi connectivity index (χ1n) is 9.52.